The van der Waals surface area contributed by atoms with Gasteiger partial charge in [-0.15, -0.1) is 11.8 Å². The Labute approximate surface area is 138 Å². The van der Waals surface area contributed by atoms with Crippen molar-refractivity contribution in [2.75, 3.05) is 23.0 Å². The number of carbonyl (C=O) groups is 2. The first-order valence-corrected chi connectivity index (χ1v) is 8.54. The molecule has 0 spiro atoms. The predicted molar refractivity (Wildman–Crippen MR) is 90.5 cm³/mol. The van der Waals surface area contributed by atoms with E-state index in [0.29, 0.717) is 12.4 Å². The number of aryl methyl sites for hydroxylation is 1. The summed E-state index contributed by atoms with van der Waals surface area (Å²) in [7, 11) is 1.79. The number of carbonyl (C=O) groups excluding carboxylic acids is 2. The van der Waals surface area contributed by atoms with Crippen LogP contribution >= 0.6 is 11.8 Å². The van der Waals surface area contributed by atoms with Crippen LogP contribution in [0.15, 0.2) is 41.4 Å². The summed E-state index contributed by atoms with van der Waals surface area (Å²) in [6.45, 7) is 0.398. The first-order valence-electron chi connectivity index (χ1n) is 7.32. The molecule has 1 atom stereocenters. The number of hydrogen-bond acceptors (Lipinski definition) is 4. The minimum Gasteiger partial charge on any atom is -0.312 e. The average Bonchev–Trinajstić information content (AvgIpc) is 3.13. The Kier molecular flexibility index (Phi) is 4.38. The van der Waals surface area contributed by atoms with Crippen LogP contribution in [-0.4, -0.2) is 34.4 Å². The van der Waals surface area contributed by atoms with Gasteiger partial charge in [0, 0.05) is 42.9 Å². The maximum atomic E-state index is 12.3. The number of thioether (sulfide) groups is 1. The molecular weight excluding hydrogens is 312 g/mol. The molecule has 120 valence electrons. The van der Waals surface area contributed by atoms with E-state index in [0.717, 1.165) is 10.6 Å². The van der Waals surface area contributed by atoms with Crippen molar-refractivity contribution in [3.8, 4) is 0 Å². The first-order chi connectivity index (χ1) is 11.1. The van der Waals surface area contributed by atoms with Crippen LogP contribution in [0.4, 0.5) is 11.5 Å². The van der Waals surface area contributed by atoms with E-state index in [9.17, 15) is 9.59 Å². The third-order valence-electron chi connectivity index (χ3n) is 3.83. The number of nitrogens with one attached hydrogen (secondary N) is 1. The Bertz CT molecular complexity index is 743. The van der Waals surface area contributed by atoms with Crippen LogP contribution in [0.2, 0.25) is 0 Å². The highest BCUT2D eigenvalue weighted by Gasteiger charge is 2.35. The van der Waals surface area contributed by atoms with Crippen LogP contribution in [0.3, 0.4) is 0 Å². The molecule has 1 aliphatic rings. The maximum absolute atomic E-state index is 12.3. The highest BCUT2D eigenvalue weighted by atomic mass is 32.2. The summed E-state index contributed by atoms with van der Waals surface area (Å²) >= 11 is 1.63. The number of amides is 2. The van der Waals surface area contributed by atoms with Gasteiger partial charge in [0.15, 0.2) is 5.82 Å². The summed E-state index contributed by atoms with van der Waals surface area (Å²) in [6.07, 6.45) is 3.98. The molecular formula is C16H18N4O2S. The molecule has 2 heterocycles. The van der Waals surface area contributed by atoms with Gasteiger partial charge in [-0.3, -0.25) is 14.3 Å². The van der Waals surface area contributed by atoms with E-state index in [1.54, 1.807) is 40.7 Å². The fraction of sp³-hybridized carbons (Fsp3) is 0.312. The van der Waals surface area contributed by atoms with E-state index in [2.05, 4.69) is 10.4 Å². The molecule has 1 aromatic heterocycles. The van der Waals surface area contributed by atoms with Gasteiger partial charge < -0.3 is 10.2 Å². The number of hydrogen-bond donors (Lipinski definition) is 1. The molecule has 0 aliphatic carbocycles. The lowest BCUT2D eigenvalue weighted by Crippen LogP contribution is -2.28. The molecule has 23 heavy (non-hydrogen) atoms. The zero-order chi connectivity index (χ0) is 16.4. The molecule has 1 N–H and O–H groups in total. The highest BCUT2D eigenvalue weighted by Crippen LogP contribution is 2.28. The fourth-order valence-corrected chi connectivity index (χ4v) is 3.07. The van der Waals surface area contributed by atoms with E-state index in [-0.39, 0.29) is 24.2 Å². The Morgan fingerprint density at radius 3 is 2.91 bits per heavy atom. The zero-order valence-electron chi connectivity index (χ0n) is 13.0. The summed E-state index contributed by atoms with van der Waals surface area (Å²) in [5, 5.41) is 6.89. The molecule has 1 aliphatic heterocycles. The summed E-state index contributed by atoms with van der Waals surface area (Å²) < 4.78 is 1.62. The molecule has 7 heteroatoms. The molecule has 2 aromatic rings. The number of rotatable bonds is 4. The lowest BCUT2D eigenvalue weighted by Gasteiger charge is -2.17. The quantitative estimate of drug-likeness (QED) is 0.872. The molecule has 1 unspecified atom stereocenters. The first kappa shape index (κ1) is 15.6. The molecule has 1 aromatic carbocycles. The largest absolute Gasteiger partial charge is 0.312 e. The van der Waals surface area contributed by atoms with Crippen molar-refractivity contribution in [3.05, 3.63) is 36.5 Å². The molecule has 0 radical (unpaired) electrons. The number of benzene rings is 1. The predicted octanol–water partition coefficient (Wildman–Crippen LogP) is 2.13. The van der Waals surface area contributed by atoms with Crippen molar-refractivity contribution in [1.82, 2.24) is 9.78 Å². The van der Waals surface area contributed by atoms with Crippen LogP contribution in [-0.2, 0) is 16.6 Å². The van der Waals surface area contributed by atoms with Gasteiger partial charge in [-0.2, -0.15) is 5.10 Å². The second-order valence-corrected chi connectivity index (χ2v) is 6.35. The number of aromatic nitrogens is 2. The van der Waals surface area contributed by atoms with Gasteiger partial charge in [-0.05, 0) is 24.5 Å². The van der Waals surface area contributed by atoms with Gasteiger partial charge >= 0.3 is 0 Å². The van der Waals surface area contributed by atoms with Gasteiger partial charge in [0.25, 0.3) is 0 Å². The van der Waals surface area contributed by atoms with E-state index >= 15 is 0 Å². The smallest absolute Gasteiger partial charge is 0.231 e. The second-order valence-electron chi connectivity index (χ2n) is 5.47. The lowest BCUT2D eigenvalue weighted by molar-refractivity contribution is -0.122. The van der Waals surface area contributed by atoms with Crippen molar-refractivity contribution >= 4 is 35.1 Å². The fourth-order valence-electron chi connectivity index (χ4n) is 2.62. The Morgan fingerprint density at radius 1 is 1.39 bits per heavy atom. The van der Waals surface area contributed by atoms with Crippen LogP contribution in [0, 0.1) is 5.92 Å². The molecule has 0 bridgehead atoms. The molecule has 6 nitrogen and oxygen atoms in total. The Hall–Kier alpha value is -2.28. The number of nitrogens with zero attached hydrogens (tertiary/aromatic N) is 3. The van der Waals surface area contributed by atoms with Crippen molar-refractivity contribution in [1.29, 1.82) is 0 Å². The van der Waals surface area contributed by atoms with Crippen LogP contribution in [0.25, 0.3) is 0 Å². The topological polar surface area (TPSA) is 67.2 Å². The highest BCUT2D eigenvalue weighted by molar-refractivity contribution is 7.98. The van der Waals surface area contributed by atoms with Gasteiger partial charge in [0.2, 0.25) is 11.8 Å². The van der Waals surface area contributed by atoms with Gasteiger partial charge in [-0.25, -0.2) is 0 Å². The average molecular weight is 330 g/mol. The third-order valence-corrected chi connectivity index (χ3v) is 4.55. The standard InChI is InChI=1S/C16H18N4O2S/c1-19-7-6-14(18-19)17-16(22)11-8-15(21)20(10-11)12-4-3-5-13(9-12)23-2/h3-7,9,11H,8,10H2,1-2H3,(H,17,18,22). The van der Waals surface area contributed by atoms with Gasteiger partial charge in [0.05, 0.1) is 5.92 Å². The van der Waals surface area contributed by atoms with Gasteiger partial charge in [-0.1, -0.05) is 6.07 Å². The molecule has 1 fully saturated rings. The van der Waals surface area contributed by atoms with Crippen LogP contribution in [0.1, 0.15) is 6.42 Å². The van der Waals surface area contributed by atoms with E-state index in [4.69, 9.17) is 0 Å². The minimum absolute atomic E-state index is 0.0237. The molecule has 0 saturated carbocycles. The Balaban J connectivity index is 1.70. The summed E-state index contributed by atoms with van der Waals surface area (Å²) in [5.41, 5.74) is 0.843. The third kappa shape index (κ3) is 3.39. The number of anilines is 2. The SMILES string of the molecule is CSc1cccc(N2CC(C(=O)Nc3ccn(C)n3)CC2=O)c1. The normalized spacial score (nSPS) is 17.6. The molecule has 2 amide bonds. The van der Waals surface area contributed by atoms with E-state index < -0.39 is 0 Å². The monoisotopic (exact) mass is 330 g/mol. The molecule has 3 rings (SSSR count). The van der Waals surface area contributed by atoms with Crippen molar-refractivity contribution < 1.29 is 9.59 Å². The lowest BCUT2D eigenvalue weighted by atomic mass is 10.1. The van der Waals surface area contributed by atoms with E-state index in [1.807, 2.05) is 30.5 Å². The zero-order valence-corrected chi connectivity index (χ0v) is 13.8. The van der Waals surface area contributed by atoms with Gasteiger partial charge in [0.1, 0.15) is 0 Å². The minimum atomic E-state index is -0.359. The van der Waals surface area contributed by atoms with Crippen molar-refractivity contribution in [2.24, 2.45) is 13.0 Å². The summed E-state index contributed by atoms with van der Waals surface area (Å²) in [5.74, 6) is -0.0415. The summed E-state index contributed by atoms with van der Waals surface area (Å²) in [4.78, 5) is 27.4. The Morgan fingerprint density at radius 2 is 2.22 bits per heavy atom. The van der Waals surface area contributed by atoms with Crippen LogP contribution in [0.5, 0.6) is 0 Å². The van der Waals surface area contributed by atoms with Crippen molar-refractivity contribution in [2.45, 2.75) is 11.3 Å². The second kappa shape index (κ2) is 6.45. The molecule has 1 saturated heterocycles. The van der Waals surface area contributed by atoms with Crippen molar-refractivity contribution in [3.63, 3.8) is 0 Å². The summed E-state index contributed by atoms with van der Waals surface area (Å²) in [6, 6.07) is 9.53. The maximum Gasteiger partial charge on any atom is 0.231 e. The van der Waals surface area contributed by atoms with E-state index in [1.165, 1.54) is 0 Å². The van der Waals surface area contributed by atoms with Crippen LogP contribution < -0.4 is 10.2 Å².